The lowest BCUT2D eigenvalue weighted by Gasteiger charge is -2.09. The third kappa shape index (κ3) is 4.12. The topological polar surface area (TPSA) is 85.3 Å². The summed E-state index contributed by atoms with van der Waals surface area (Å²) in [5.41, 5.74) is -11.7. The van der Waals surface area contributed by atoms with Crippen molar-refractivity contribution < 1.29 is 48.0 Å². The smallest absolute Gasteiger partial charge is 0.297 e. The number of halogens is 6. The Kier molecular flexibility index (Phi) is 4.46. The van der Waals surface area contributed by atoms with Crippen LogP contribution in [0.2, 0.25) is 0 Å². The molecule has 0 saturated heterocycles. The Bertz CT molecular complexity index is 476. The Labute approximate surface area is 96.6 Å². The van der Waals surface area contributed by atoms with Crippen molar-refractivity contribution in [3.8, 4) is 0 Å². The molecule has 0 N–H and O–H groups in total. The number of rotatable bonds is 4. The summed E-state index contributed by atoms with van der Waals surface area (Å²) >= 11 is 0. The van der Waals surface area contributed by atoms with Gasteiger partial charge in [0, 0.05) is 0 Å². The fourth-order valence-corrected chi connectivity index (χ4v) is 2.14. The van der Waals surface area contributed by atoms with Gasteiger partial charge in [0.1, 0.15) is 11.5 Å². The van der Waals surface area contributed by atoms with Crippen molar-refractivity contribution in [1.29, 1.82) is 0 Å². The van der Waals surface area contributed by atoms with Crippen LogP contribution >= 0.6 is 0 Å². The largest absolute Gasteiger partial charge is 0.497 e. The van der Waals surface area contributed by atoms with E-state index < -0.39 is 48.0 Å². The van der Waals surface area contributed by atoms with Crippen LogP contribution in [0, 0.1) is 0 Å². The third-order valence-electron chi connectivity index (χ3n) is 1.41. The highest BCUT2D eigenvalue weighted by Crippen LogP contribution is 2.26. The molecular formula is C5H4F6O5S2. The molecule has 0 aromatic heterocycles. The fourth-order valence-electron chi connectivity index (χ4n) is 0.629. The number of hydrogen-bond donors (Lipinski definition) is 0. The summed E-state index contributed by atoms with van der Waals surface area (Å²) in [5, 5.41) is 0. The van der Waals surface area contributed by atoms with E-state index in [4.69, 9.17) is 0 Å². The molecule has 18 heavy (non-hydrogen) atoms. The first-order chi connectivity index (χ1) is 7.60. The molecule has 0 saturated carbocycles. The summed E-state index contributed by atoms with van der Waals surface area (Å²) in [6.07, 6.45) is 0. The molecule has 0 heterocycles. The van der Waals surface area contributed by atoms with Crippen molar-refractivity contribution in [2.75, 3.05) is 11.5 Å². The van der Waals surface area contributed by atoms with Crippen LogP contribution in [-0.2, 0) is 24.5 Å². The second-order valence-electron chi connectivity index (χ2n) is 2.95. The number of hydrogen-bond acceptors (Lipinski definition) is 5. The molecule has 0 aliphatic rings. The number of alkyl halides is 6. The summed E-state index contributed by atoms with van der Waals surface area (Å²) < 4.78 is 112. The predicted molar refractivity (Wildman–Crippen MR) is 44.7 cm³/mol. The summed E-state index contributed by atoms with van der Waals surface area (Å²) in [6, 6.07) is 0. The van der Waals surface area contributed by atoms with Gasteiger partial charge in [-0.15, -0.1) is 0 Å². The Morgan fingerprint density at radius 3 is 1.11 bits per heavy atom. The minimum Gasteiger partial charge on any atom is -0.297 e. The van der Waals surface area contributed by atoms with Gasteiger partial charge in [-0.25, -0.2) is 16.8 Å². The molecule has 0 rings (SSSR count). The van der Waals surface area contributed by atoms with E-state index in [-0.39, 0.29) is 0 Å². The van der Waals surface area contributed by atoms with Crippen molar-refractivity contribution >= 4 is 25.5 Å². The lowest BCUT2D eigenvalue weighted by Crippen LogP contribution is -2.36. The lowest BCUT2D eigenvalue weighted by atomic mass is 10.5. The van der Waals surface area contributed by atoms with E-state index >= 15 is 0 Å². The quantitative estimate of drug-likeness (QED) is 0.701. The number of ketones is 1. The lowest BCUT2D eigenvalue weighted by molar-refractivity contribution is -0.115. The van der Waals surface area contributed by atoms with E-state index in [1.807, 2.05) is 0 Å². The third-order valence-corrected chi connectivity index (χ3v) is 4.22. The Morgan fingerprint density at radius 1 is 0.722 bits per heavy atom. The first-order valence-electron chi connectivity index (χ1n) is 3.70. The Morgan fingerprint density at radius 2 is 0.944 bits per heavy atom. The molecule has 0 aromatic rings. The van der Waals surface area contributed by atoms with Gasteiger partial charge < -0.3 is 0 Å². The van der Waals surface area contributed by atoms with Gasteiger partial charge in [-0.3, -0.25) is 4.79 Å². The second kappa shape index (κ2) is 4.68. The highest BCUT2D eigenvalue weighted by atomic mass is 32.2. The Hall–Kier alpha value is -0.850. The van der Waals surface area contributed by atoms with Crippen LogP contribution in [0.1, 0.15) is 0 Å². The molecule has 5 nitrogen and oxygen atoms in total. The van der Waals surface area contributed by atoms with Crippen molar-refractivity contribution in [2.45, 2.75) is 11.0 Å². The molecule has 0 atom stereocenters. The van der Waals surface area contributed by atoms with Gasteiger partial charge in [0.25, 0.3) is 19.7 Å². The van der Waals surface area contributed by atoms with Crippen molar-refractivity contribution in [2.24, 2.45) is 0 Å². The van der Waals surface area contributed by atoms with Crippen LogP contribution in [0.3, 0.4) is 0 Å². The molecule has 0 spiro atoms. The van der Waals surface area contributed by atoms with Gasteiger partial charge in [0.05, 0.1) is 0 Å². The molecule has 0 unspecified atom stereocenters. The van der Waals surface area contributed by atoms with Crippen molar-refractivity contribution in [3.63, 3.8) is 0 Å². The zero-order valence-corrected chi connectivity index (χ0v) is 9.67. The highest BCUT2D eigenvalue weighted by molar-refractivity contribution is 7.94. The van der Waals surface area contributed by atoms with Gasteiger partial charge in [0.2, 0.25) is 0 Å². The maximum absolute atomic E-state index is 11.7. The second-order valence-corrected chi connectivity index (χ2v) is 6.91. The molecular weight excluding hydrogens is 318 g/mol. The molecule has 0 radical (unpaired) electrons. The van der Waals surface area contributed by atoms with Crippen LogP contribution < -0.4 is 0 Å². The minimum atomic E-state index is -6.00. The number of carbonyl (C=O) groups excluding carboxylic acids is 1. The van der Waals surface area contributed by atoms with E-state index in [1.54, 1.807) is 0 Å². The monoisotopic (exact) mass is 322 g/mol. The summed E-state index contributed by atoms with van der Waals surface area (Å²) in [5.74, 6) is -6.93. The average molecular weight is 322 g/mol. The normalized spacial score (nSPS) is 14.6. The molecule has 0 amide bonds. The van der Waals surface area contributed by atoms with Gasteiger partial charge in [0.15, 0.2) is 5.78 Å². The number of Topliss-reactive ketones (excluding diaryl/α,β-unsaturated/α-hetero) is 1. The maximum Gasteiger partial charge on any atom is 0.497 e. The van der Waals surface area contributed by atoms with Crippen LogP contribution in [0.15, 0.2) is 0 Å². The predicted octanol–water partition coefficient (Wildman–Crippen LogP) is 0.425. The van der Waals surface area contributed by atoms with Crippen LogP contribution in [-0.4, -0.2) is 45.1 Å². The van der Waals surface area contributed by atoms with E-state index in [2.05, 4.69) is 0 Å². The van der Waals surface area contributed by atoms with Crippen molar-refractivity contribution in [3.05, 3.63) is 0 Å². The molecule has 0 aromatic carbocycles. The maximum atomic E-state index is 11.7. The van der Waals surface area contributed by atoms with E-state index in [9.17, 15) is 48.0 Å². The van der Waals surface area contributed by atoms with Crippen LogP contribution in [0.5, 0.6) is 0 Å². The Balaban J connectivity index is 4.98. The zero-order valence-electron chi connectivity index (χ0n) is 8.04. The number of sulfone groups is 2. The molecule has 0 aliphatic carbocycles. The minimum absolute atomic E-state index is 2.22. The molecule has 0 bridgehead atoms. The van der Waals surface area contributed by atoms with E-state index in [1.165, 1.54) is 0 Å². The van der Waals surface area contributed by atoms with E-state index in [0.717, 1.165) is 0 Å². The van der Waals surface area contributed by atoms with Gasteiger partial charge in [-0.2, -0.15) is 26.3 Å². The van der Waals surface area contributed by atoms with Gasteiger partial charge in [-0.1, -0.05) is 0 Å². The first kappa shape index (κ1) is 17.2. The van der Waals surface area contributed by atoms with Crippen LogP contribution in [0.4, 0.5) is 26.3 Å². The van der Waals surface area contributed by atoms with Crippen LogP contribution in [0.25, 0.3) is 0 Å². The summed E-state index contributed by atoms with van der Waals surface area (Å²) in [4.78, 5) is 10.6. The molecule has 108 valence electrons. The van der Waals surface area contributed by atoms with Gasteiger partial charge >= 0.3 is 11.0 Å². The molecule has 0 fully saturated rings. The van der Waals surface area contributed by atoms with Gasteiger partial charge in [-0.05, 0) is 0 Å². The SMILES string of the molecule is O=C(CS(=O)(=O)C(F)(F)F)CS(=O)(=O)C(F)(F)F. The summed E-state index contributed by atoms with van der Waals surface area (Å²) in [7, 11) is -12.0. The zero-order chi connectivity index (χ0) is 15.0. The highest BCUT2D eigenvalue weighted by Gasteiger charge is 2.50. The fraction of sp³-hybridized carbons (Fsp3) is 0.800. The molecule has 0 aliphatic heterocycles. The van der Waals surface area contributed by atoms with Crippen molar-refractivity contribution in [1.82, 2.24) is 0 Å². The average Bonchev–Trinajstić information content (AvgIpc) is 1.95. The summed E-state index contributed by atoms with van der Waals surface area (Å²) in [6.45, 7) is 0. The first-order valence-corrected chi connectivity index (χ1v) is 7.00. The molecule has 13 heteroatoms. The standard InChI is InChI=1S/C5H4F6O5S2/c6-4(7,8)17(13,14)1-3(12)2-18(15,16)5(9,10)11/h1-2H2. The van der Waals surface area contributed by atoms with E-state index in [0.29, 0.717) is 0 Å². The number of carbonyl (C=O) groups is 1.